The molecule has 2 nitrogen and oxygen atoms in total. The second-order valence-electron chi connectivity index (χ2n) is 4.04. The summed E-state index contributed by atoms with van der Waals surface area (Å²) < 4.78 is 0. The molecule has 2 heterocycles. The predicted molar refractivity (Wildman–Crippen MR) is 46.6 cm³/mol. The molecule has 0 atom stereocenters. The zero-order valence-electron chi connectivity index (χ0n) is 7.34. The Morgan fingerprint density at radius 2 is 1.82 bits per heavy atom. The van der Waals surface area contributed by atoms with E-state index in [1.807, 2.05) is 0 Å². The highest BCUT2D eigenvalue weighted by atomic mass is 15.2. The minimum absolute atomic E-state index is 0.910. The van der Waals surface area contributed by atoms with Crippen LogP contribution in [0.3, 0.4) is 0 Å². The fourth-order valence-electron chi connectivity index (χ4n) is 2.22. The Hall–Kier alpha value is -0.0800. The van der Waals surface area contributed by atoms with Crippen LogP contribution in [0.25, 0.3) is 0 Å². The van der Waals surface area contributed by atoms with Gasteiger partial charge in [0.15, 0.2) is 0 Å². The summed E-state index contributed by atoms with van der Waals surface area (Å²) in [6, 6.07) is 0.910. The Morgan fingerprint density at radius 3 is 2.36 bits per heavy atom. The third kappa shape index (κ3) is 1.57. The summed E-state index contributed by atoms with van der Waals surface area (Å²) in [5, 5.41) is 3.40. The van der Waals surface area contributed by atoms with E-state index in [-0.39, 0.29) is 0 Å². The van der Waals surface area contributed by atoms with E-state index in [9.17, 15) is 0 Å². The largest absolute Gasteiger partial charge is 0.317 e. The van der Waals surface area contributed by atoms with E-state index in [4.69, 9.17) is 0 Å². The van der Waals surface area contributed by atoms with Gasteiger partial charge in [0, 0.05) is 19.1 Å². The number of rotatable bonds is 1. The van der Waals surface area contributed by atoms with Crippen LogP contribution in [0, 0.1) is 5.92 Å². The second-order valence-corrected chi connectivity index (χ2v) is 4.04. The van der Waals surface area contributed by atoms with Crippen molar-refractivity contribution in [2.24, 2.45) is 5.92 Å². The van der Waals surface area contributed by atoms with Gasteiger partial charge in [-0.15, -0.1) is 0 Å². The summed E-state index contributed by atoms with van der Waals surface area (Å²) in [5.74, 6) is 0.963. The van der Waals surface area contributed by atoms with E-state index in [0.717, 1.165) is 12.0 Å². The first-order valence-corrected chi connectivity index (χ1v) is 4.81. The van der Waals surface area contributed by atoms with Crippen molar-refractivity contribution < 1.29 is 0 Å². The van der Waals surface area contributed by atoms with Gasteiger partial charge in [-0.05, 0) is 31.8 Å². The lowest BCUT2D eigenvalue weighted by Gasteiger charge is -2.44. The van der Waals surface area contributed by atoms with E-state index < -0.39 is 0 Å². The summed E-state index contributed by atoms with van der Waals surface area (Å²) >= 11 is 0. The third-order valence-corrected chi connectivity index (χ3v) is 2.92. The molecule has 0 amide bonds. The maximum atomic E-state index is 3.40. The molecule has 0 aromatic rings. The van der Waals surface area contributed by atoms with Gasteiger partial charge in [0.1, 0.15) is 0 Å². The van der Waals surface area contributed by atoms with Crippen molar-refractivity contribution in [1.82, 2.24) is 10.2 Å². The molecule has 0 aromatic carbocycles. The summed E-state index contributed by atoms with van der Waals surface area (Å²) in [6.07, 6.45) is 2.74. The molecular weight excluding hydrogens is 136 g/mol. The quantitative estimate of drug-likeness (QED) is 0.598. The Kier molecular flexibility index (Phi) is 2.14. The SMILES string of the molecule is CC1CN(C2CCNCC2)C1. The minimum atomic E-state index is 0.910. The molecule has 2 aliphatic rings. The van der Waals surface area contributed by atoms with Gasteiger partial charge in [0.2, 0.25) is 0 Å². The molecular formula is C9H18N2. The molecule has 0 aliphatic carbocycles. The normalized spacial score (nSPS) is 30.3. The van der Waals surface area contributed by atoms with E-state index >= 15 is 0 Å². The molecule has 2 aliphatic heterocycles. The Morgan fingerprint density at radius 1 is 1.18 bits per heavy atom. The molecule has 1 N–H and O–H groups in total. The Labute approximate surface area is 69.0 Å². The maximum Gasteiger partial charge on any atom is 0.0120 e. The molecule has 0 bridgehead atoms. The molecule has 2 saturated heterocycles. The highest BCUT2D eigenvalue weighted by Gasteiger charge is 2.29. The van der Waals surface area contributed by atoms with Gasteiger partial charge in [-0.3, -0.25) is 4.90 Å². The molecule has 11 heavy (non-hydrogen) atoms. The van der Waals surface area contributed by atoms with Gasteiger partial charge < -0.3 is 5.32 Å². The van der Waals surface area contributed by atoms with E-state index in [1.54, 1.807) is 0 Å². The van der Waals surface area contributed by atoms with Crippen LogP contribution in [0.15, 0.2) is 0 Å². The van der Waals surface area contributed by atoms with Gasteiger partial charge >= 0.3 is 0 Å². The number of hydrogen-bond donors (Lipinski definition) is 1. The Bertz CT molecular complexity index is 124. The molecule has 0 saturated carbocycles. The van der Waals surface area contributed by atoms with E-state index in [1.165, 1.54) is 39.0 Å². The fraction of sp³-hybridized carbons (Fsp3) is 1.00. The van der Waals surface area contributed by atoms with Crippen molar-refractivity contribution in [2.75, 3.05) is 26.2 Å². The van der Waals surface area contributed by atoms with Crippen LogP contribution in [0.2, 0.25) is 0 Å². The third-order valence-electron chi connectivity index (χ3n) is 2.92. The number of hydrogen-bond acceptors (Lipinski definition) is 2. The van der Waals surface area contributed by atoms with Crippen LogP contribution in [-0.2, 0) is 0 Å². The van der Waals surface area contributed by atoms with Crippen LogP contribution in [0.5, 0.6) is 0 Å². The average molecular weight is 154 g/mol. The first kappa shape index (κ1) is 7.56. The highest BCUT2D eigenvalue weighted by Crippen LogP contribution is 2.22. The first-order chi connectivity index (χ1) is 5.36. The molecule has 2 fully saturated rings. The summed E-state index contributed by atoms with van der Waals surface area (Å²) in [7, 11) is 0. The highest BCUT2D eigenvalue weighted by molar-refractivity contribution is 4.85. The van der Waals surface area contributed by atoms with Crippen molar-refractivity contribution in [1.29, 1.82) is 0 Å². The molecule has 0 aromatic heterocycles. The maximum absolute atomic E-state index is 3.40. The van der Waals surface area contributed by atoms with Crippen LogP contribution in [0.1, 0.15) is 19.8 Å². The van der Waals surface area contributed by atoms with Crippen molar-refractivity contribution in [3.05, 3.63) is 0 Å². The van der Waals surface area contributed by atoms with Crippen LogP contribution < -0.4 is 5.32 Å². The standard InChI is InChI=1S/C9H18N2/c1-8-6-11(7-8)9-2-4-10-5-3-9/h8-10H,2-7H2,1H3. The summed E-state index contributed by atoms with van der Waals surface area (Å²) in [5.41, 5.74) is 0. The lowest BCUT2D eigenvalue weighted by Crippen LogP contribution is -2.53. The molecule has 0 radical (unpaired) electrons. The van der Waals surface area contributed by atoms with Crippen molar-refractivity contribution in [3.8, 4) is 0 Å². The van der Waals surface area contributed by atoms with Crippen LogP contribution >= 0.6 is 0 Å². The van der Waals surface area contributed by atoms with Crippen molar-refractivity contribution in [3.63, 3.8) is 0 Å². The van der Waals surface area contributed by atoms with Gasteiger partial charge in [0.25, 0.3) is 0 Å². The molecule has 0 unspecified atom stereocenters. The van der Waals surface area contributed by atoms with Gasteiger partial charge in [-0.25, -0.2) is 0 Å². The lowest BCUT2D eigenvalue weighted by atomic mass is 9.95. The van der Waals surface area contributed by atoms with E-state index in [2.05, 4.69) is 17.1 Å². The molecule has 64 valence electrons. The number of likely N-dealkylation sites (tertiary alicyclic amines) is 1. The van der Waals surface area contributed by atoms with Gasteiger partial charge in [0.05, 0.1) is 0 Å². The Balaban J connectivity index is 1.76. The second kappa shape index (κ2) is 3.11. The summed E-state index contributed by atoms with van der Waals surface area (Å²) in [6.45, 7) is 7.51. The first-order valence-electron chi connectivity index (χ1n) is 4.81. The zero-order valence-corrected chi connectivity index (χ0v) is 7.34. The van der Waals surface area contributed by atoms with Crippen molar-refractivity contribution >= 4 is 0 Å². The number of nitrogens with zero attached hydrogens (tertiary/aromatic N) is 1. The van der Waals surface area contributed by atoms with Crippen LogP contribution in [0.4, 0.5) is 0 Å². The smallest absolute Gasteiger partial charge is 0.0120 e. The fourth-order valence-corrected chi connectivity index (χ4v) is 2.22. The average Bonchev–Trinajstić information content (AvgIpc) is 2.01. The van der Waals surface area contributed by atoms with Gasteiger partial charge in [-0.2, -0.15) is 0 Å². The van der Waals surface area contributed by atoms with Crippen LogP contribution in [-0.4, -0.2) is 37.1 Å². The molecule has 2 heteroatoms. The molecule has 0 spiro atoms. The summed E-state index contributed by atoms with van der Waals surface area (Å²) in [4.78, 5) is 2.64. The minimum Gasteiger partial charge on any atom is -0.317 e. The van der Waals surface area contributed by atoms with E-state index in [0.29, 0.717) is 0 Å². The topological polar surface area (TPSA) is 15.3 Å². The van der Waals surface area contributed by atoms with Gasteiger partial charge in [-0.1, -0.05) is 6.92 Å². The monoisotopic (exact) mass is 154 g/mol. The number of piperidine rings is 1. The predicted octanol–water partition coefficient (Wildman–Crippen LogP) is 0.690. The number of nitrogens with one attached hydrogen (secondary N) is 1. The zero-order chi connectivity index (χ0) is 7.68. The molecule has 2 rings (SSSR count). The lowest BCUT2D eigenvalue weighted by molar-refractivity contribution is 0.0473. The van der Waals surface area contributed by atoms with Crippen molar-refractivity contribution in [2.45, 2.75) is 25.8 Å².